The minimum Gasteiger partial charge on any atom is -0.487 e. The topological polar surface area (TPSA) is 35.2 Å². The monoisotopic (exact) mass is 287 g/mol. The van der Waals surface area contributed by atoms with E-state index in [0.717, 1.165) is 11.1 Å². The molecule has 1 atom stereocenters. The lowest BCUT2D eigenvalue weighted by Crippen LogP contribution is -2.12. The Labute approximate surface area is 124 Å². The first-order valence-corrected chi connectivity index (χ1v) is 7.33. The molecule has 1 aliphatic rings. The number of halogens is 1. The molecule has 20 heavy (non-hydrogen) atoms. The molecule has 0 aliphatic heterocycles. The van der Waals surface area contributed by atoms with Crippen molar-refractivity contribution < 1.29 is 4.74 Å². The smallest absolute Gasteiger partial charge is 0.138 e. The second-order valence-corrected chi connectivity index (χ2v) is 5.73. The van der Waals surface area contributed by atoms with Gasteiger partial charge in [0.25, 0.3) is 0 Å². The van der Waals surface area contributed by atoms with Crippen molar-refractivity contribution in [1.82, 2.24) is 0 Å². The Morgan fingerprint density at radius 3 is 2.55 bits per heavy atom. The van der Waals surface area contributed by atoms with Crippen LogP contribution in [-0.4, -0.2) is 0 Å². The van der Waals surface area contributed by atoms with Crippen molar-refractivity contribution in [3.8, 4) is 5.75 Å². The van der Waals surface area contributed by atoms with E-state index < -0.39 is 0 Å². The quantitative estimate of drug-likeness (QED) is 0.888. The highest BCUT2D eigenvalue weighted by atomic mass is 35.5. The lowest BCUT2D eigenvalue weighted by Gasteiger charge is -2.13. The zero-order valence-electron chi connectivity index (χ0n) is 11.3. The zero-order valence-corrected chi connectivity index (χ0v) is 12.0. The van der Waals surface area contributed by atoms with Gasteiger partial charge in [0.15, 0.2) is 0 Å². The minimum absolute atomic E-state index is 0.107. The molecule has 0 spiro atoms. The van der Waals surface area contributed by atoms with Gasteiger partial charge in [-0.3, -0.25) is 0 Å². The molecule has 2 aromatic rings. The molecule has 2 nitrogen and oxygen atoms in total. The van der Waals surface area contributed by atoms with Crippen LogP contribution in [0.4, 0.5) is 0 Å². The maximum Gasteiger partial charge on any atom is 0.138 e. The Morgan fingerprint density at radius 1 is 1.15 bits per heavy atom. The molecule has 0 radical (unpaired) electrons. The average molecular weight is 288 g/mol. The molecule has 0 heterocycles. The van der Waals surface area contributed by atoms with Gasteiger partial charge in [-0.2, -0.15) is 0 Å². The van der Waals surface area contributed by atoms with Gasteiger partial charge in [0.1, 0.15) is 12.4 Å². The summed E-state index contributed by atoms with van der Waals surface area (Å²) in [7, 11) is 0. The van der Waals surface area contributed by atoms with Crippen molar-refractivity contribution in [1.29, 1.82) is 0 Å². The first-order valence-electron chi connectivity index (χ1n) is 6.96. The maximum atomic E-state index is 6.28. The predicted octanol–water partition coefficient (Wildman–Crippen LogP) is 4.33. The summed E-state index contributed by atoms with van der Waals surface area (Å²) < 4.78 is 5.76. The van der Waals surface area contributed by atoms with Crippen molar-refractivity contribution in [2.75, 3.05) is 0 Å². The van der Waals surface area contributed by atoms with E-state index in [1.54, 1.807) is 0 Å². The molecule has 0 aromatic heterocycles. The Bertz CT molecular complexity index is 581. The van der Waals surface area contributed by atoms with Gasteiger partial charge in [0.2, 0.25) is 0 Å². The first-order chi connectivity index (χ1) is 9.74. The summed E-state index contributed by atoms with van der Waals surface area (Å²) in [4.78, 5) is 0. The van der Waals surface area contributed by atoms with E-state index >= 15 is 0 Å². The highest BCUT2D eigenvalue weighted by Gasteiger charge is 2.29. The highest BCUT2D eigenvalue weighted by molar-refractivity contribution is 6.32. The van der Waals surface area contributed by atoms with Crippen LogP contribution in [0.2, 0.25) is 5.02 Å². The van der Waals surface area contributed by atoms with Crippen LogP contribution in [0, 0.1) is 5.92 Å². The third-order valence-corrected chi connectivity index (χ3v) is 4.00. The lowest BCUT2D eigenvalue weighted by molar-refractivity contribution is 0.306. The highest BCUT2D eigenvalue weighted by Crippen LogP contribution is 2.40. The van der Waals surface area contributed by atoms with Crippen LogP contribution in [0.15, 0.2) is 48.5 Å². The molecule has 1 aliphatic carbocycles. The Morgan fingerprint density at radius 2 is 1.90 bits per heavy atom. The van der Waals surface area contributed by atoms with Gasteiger partial charge < -0.3 is 10.5 Å². The Kier molecular flexibility index (Phi) is 3.95. The standard InChI is InChI=1S/C17H18ClNO/c18-15-10-14(17(19)13-6-7-13)8-9-16(15)20-11-12-4-2-1-3-5-12/h1-5,8-10,13,17H,6-7,11,19H2. The molecule has 2 aromatic carbocycles. The Hall–Kier alpha value is -1.51. The number of hydrogen-bond acceptors (Lipinski definition) is 2. The fourth-order valence-electron chi connectivity index (χ4n) is 2.30. The summed E-state index contributed by atoms with van der Waals surface area (Å²) in [5, 5.41) is 0.634. The van der Waals surface area contributed by atoms with E-state index in [-0.39, 0.29) is 6.04 Å². The van der Waals surface area contributed by atoms with E-state index in [9.17, 15) is 0 Å². The molecule has 1 unspecified atom stereocenters. The van der Waals surface area contributed by atoms with E-state index in [1.807, 2.05) is 48.5 Å². The predicted molar refractivity (Wildman–Crippen MR) is 81.9 cm³/mol. The molecule has 104 valence electrons. The molecule has 0 saturated heterocycles. The van der Waals surface area contributed by atoms with Gasteiger partial charge in [-0.1, -0.05) is 48.0 Å². The molecule has 0 amide bonds. The molecular weight excluding hydrogens is 270 g/mol. The molecule has 0 bridgehead atoms. The van der Waals surface area contributed by atoms with Gasteiger partial charge in [-0.05, 0) is 42.0 Å². The van der Waals surface area contributed by atoms with E-state index in [1.165, 1.54) is 12.8 Å². The van der Waals surface area contributed by atoms with Crippen molar-refractivity contribution in [3.05, 3.63) is 64.7 Å². The van der Waals surface area contributed by atoms with Crippen molar-refractivity contribution in [3.63, 3.8) is 0 Å². The van der Waals surface area contributed by atoms with Gasteiger partial charge >= 0.3 is 0 Å². The fraction of sp³-hybridized carbons (Fsp3) is 0.294. The van der Waals surface area contributed by atoms with Crippen molar-refractivity contribution in [2.24, 2.45) is 11.7 Å². The summed E-state index contributed by atoms with van der Waals surface area (Å²) in [6.45, 7) is 0.522. The second kappa shape index (κ2) is 5.86. The first kappa shape index (κ1) is 13.5. The maximum absolute atomic E-state index is 6.28. The van der Waals surface area contributed by atoms with Crippen LogP contribution >= 0.6 is 11.6 Å². The van der Waals surface area contributed by atoms with Crippen LogP contribution in [0.5, 0.6) is 5.75 Å². The SMILES string of the molecule is NC(c1ccc(OCc2ccccc2)c(Cl)c1)C1CC1. The normalized spacial score (nSPS) is 15.9. The summed E-state index contributed by atoms with van der Waals surface area (Å²) in [5.41, 5.74) is 8.41. The minimum atomic E-state index is 0.107. The molecule has 2 N–H and O–H groups in total. The lowest BCUT2D eigenvalue weighted by atomic mass is 10.0. The fourth-order valence-corrected chi connectivity index (χ4v) is 2.55. The molecule has 1 saturated carbocycles. The number of rotatable bonds is 5. The third-order valence-electron chi connectivity index (χ3n) is 3.71. The van der Waals surface area contributed by atoms with Gasteiger partial charge in [-0.25, -0.2) is 0 Å². The van der Waals surface area contributed by atoms with Crippen molar-refractivity contribution in [2.45, 2.75) is 25.5 Å². The molecule has 3 rings (SSSR count). The molecule has 1 fully saturated rings. The van der Waals surface area contributed by atoms with Gasteiger partial charge in [0, 0.05) is 6.04 Å². The summed E-state index contributed by atoms with van der Waals surface area (Å²) in [6, 6.07) is 16.0. The summed E-state index contributed by atoms with van der Waals surface area (Å²) in [5.74, 6) is 1.34. The number of nitrogens with two attached hydrogens (primary N) is 1. The molecular formula is C17H18ClNO. The largest absolute Gasteiger partial charge is 0.487 e. The zero-order chi connectivity index (χ0) is 13.9. The third kappa shape index (κ3) is 3.14. The Balaban J connectivity index is 1.68. The number of ether oxygens (including phenoxy) is 1. The average Bonchev–Trinajstić information content (AvgIpc) is 3.31. The van der Waals surface area contributed by atoms with Crippen LogP contribution in [-0.2, 0) is 6.61 Å². The summed E-state index contributed by atoms with van der Waals surface area (Å²) in [6.07, 6.45) is 2.45. The summed E-state index contributed by atoms with van der Waals surface area (Å²) >= 11 is 6.28. The van der Waals surface area contributed by atoms with Gasteiger partial charge in [-0.15, -0.1) is 0 Å². The number of benzene rings is 2. The molecule has 3 heteroatoms. The number of hydrogen-bond donors (Lipinski definition) is 1. The second-order valence-electron chi connectivity index (χ2n) is 5.33. The van der Waals surface area contributed by atoms with Crippen LogP contribution in [0.25, 0.3) is 0 Å². The van der Waals surface area contributed by atoms with E-state index in [0.29, 0.717) is 23.3 Å². The van der Waals surface area contributed by atoms with E-state index in [4.69, 9.17) is 22.1 Å². The van der Waals surface area contributed by atoms with Crippen LogP contribution in [0.3, 0.4) is 0 Å². The van der Waals surface area contributed by atoms with Crippen LogP contribution in [0.1, 0.15) is 30.0 Å². The van der Waals surface area contributed by atoms with Gasteiger partial charge in [0.05, 0.1) is 5.02 Å². The van der Waals surface area contributed by atoms with Crippen molar-refractivity contribution >= 4 is 11.6 Å². The van der Waals surface area contributed by atoms with Crippen LogP contribution < -0.4 is 10.5 Å². The van der Waals surface area contributed by atoms with E-state index in [2.05, 4.69) is 0 Å².